The van der Waals surface area contributed by atoms with Crippen LogP contribution in [-0.2, 0) is 0 Å². The number of aryl methyl sites for hydroxylation is 1. The van der Waals surface area contributed by atoms with E-state index in [2.05, 4.69) is 5.32 Å². The predicted octanol–water partition coefficient (Wildman–Crippen LogP) is 2.17. The van der Waals surface area contributed by atoms with Crippen LogP contribution < -0.4 is 5.32 Å². The number of hydrogen-bond donors (Lipinski definition) is 1. The third-order valence-corrected chi connectivity index (χ3v) is 3.32. The van der Waals surface area contributed by atoms with E-state index in [0.29, 0.717) is 5.92 Å². The van der Waals surface area contributed by atoms with Crippen molar-refractivity contribution in [2.45, 2.75) is 13.8 Å². The molecule has 86 valence electrons. The van der Waals surface area contributed by atoms with E-state index in [1.807, 2.05) is 13.8 Å². The van der Waals surface area contributed by atoms with Gasteiger partial charge in [0.25, 0.3) is 0 Å². The van der Waals surface area contributed by atoms with Crippen molar-refractivity contribution in [1.82, 2.24) is 5.32 Å². The fourth-order valence-corrected chi connectivity index (χ4v) is 1.95. The maximum absolute atomic E-state index is 13.5. The van der Waals surface area contributed by atoms with Crippen LogP contribution in [0.15, 0.2) is 18.2 Å². The highest BCUT2D eigenvalue weighted by molar-refractivity contribution is 5.98. The second-order valence-electron chi connectivity index (χ2n) is 4.55. The van der Waals surface area contributed by atoms with Gasteiger partial charge in [0.1, 0.15) is 5.82 Å². The van der Waals surface area contributed by atoms with Gasteiger partial charge in [0.15, 0.2) is 5.78 Å². The molecule has 16 heavy (non-hydrogen) atoms. The van der Waals surface area contributed by atoms with E-state index in [1.165, 1.54) is 6.07 Å². The largest absolute Gasteiger partial charge is 0.316 e. The monoisotopic (exact) mass is 221 g/mol. The summed E-state index contributed by atoms with van der Waals surface area (Å²) in [5.74, 6) is -0.229. The molecule has 1 atom stereocenters. The van der Waals surface area contributed by atoms with Crippen LogP contribution >= 0.6 is 0 Å². The van der Waals surface area contributed by atoms with Crippen LogP contribution in [0.3, 0.4) is 0 Å². The Morgan fingerprint density at radius 2 is 2.19 bits per heavy atom. The van der Waals surface area contributed by atoms with Crippen LogP contribution in [0.5, 0.6) is 0 Å². The highest BCUT2D eigenvalue weighted by atomic mass is 19.1. The van der Waals surface area contributed by atoms with Crippen molar-refractivity contribution in [1.29, 1.82) is 0 Å². The Kier molecular flexibility index (Phi) is 3.06. The number of hydrogen-bond acceptors (Lipinski definition) is 2. The lowest BCUT2D eigenvalue weighted by Crippen LogP contribution is -2.47. The summed E-state index contributed by atoms with van der Waals surface area (Å²) < 4.78 is 13.5. The number of ketones is 1. The summed E-state index contributed by atoms with van der Waals surface area (Å²) >= 11 is 0. The van der Waals surface area contributed by atoms with Crippen LogP contribution in [0.4, 0.5) is 4.39 Å². The predicted molar refractivity (Wildman–Crippen MR) is 61.0 cm³/mol. The normalized spacial score (nSPS) is 17.9. The molecule has 0 saturated carbocycles. The zero-order valence-corrected chi connectivity index (χ0v) is 9.59. The van der Waals surface area contributed by atoms with Gasteiger partial charge in [-0.15, -0.1) is 0 Å². The van der Waals surface area contributed by atoms with Gasteiger partial charge in [-0.3, -0.25) is 4.79 Å². The molecule has 1 fully saturated rings. The lowest BCUT2D eigenvalue weighted by molar-refractivity contribution is 0.0849. The molecule has 0 aliphatic carbocycles. The van der Waals surface area contributed by atoms with Gasteiger partial charge in [0.2, 0.25) is 0 Å². The Hall–Kier alpha value is -1.22. The van der Waals surface area contributed by atoms with Gasteiger partial charge < -0.3 is 5.32 Å². The molecule has 2 rings (SSSR count). The molecule has 2 nitrogen and oxygen atoms in total. The molecule has 1 aromatic rings. The first-order valence-corrected chi connectivity index (χ1v) is 5.60. The van der Waals surface area contributed by atoms with Crippen LogP contribution in [0.2, 0.25) is 0 Å². The van der Waals surface area contributed by atoms with E-state index >= 15 is 0 Å². The summed E-state index contributed by atoms with van der Waals surface area (Å²) in [4.78, 5) is 12.1. The number of carbonyl (C=O) groups is 1. The number of Topliss-reactive ketones (excluding diaryl/α,β-unsaturated/α-hetero) is 1. The minimum Gasteiger partial charge on any atom is -0.316 e. The molecule has 1 heterocycles. The van der Waals surface area contributed by atoms with Crippen molar-refractivity contribution < 1.29 is 9.18 Å². The number of nitrogens with one attached hydrogen (secondary N) is 1. The topological polar surface area (TPSA) is 29.1 Å². The van der Waals surface area contributed by atoms with Gasteiger partial charge in [-0.2, -0.15) is 0 Å². The standard InChI is InChI=1S/C13H16FNO/c1-8-3-4-12(14)11(5-8)13(16)9(2)10-6-15-7-10/h3-5,9-10,15H,6-7H2,1-2H3. The first kappa shape index (κ1) is 11.3. The van der Waals surface area contributed by atoms with Gasteiger partial charge in [-0.1, -0.05) is 18.6 Å². The van der Waals surface area contributed by atoms with E-state index in [-0.39, 0.29) is 17.3 Å². The molecule has 0 radical (unpaired) electrons. The van der Waals surface area contributed by atoms with Gasteiger partial charge in [0.05, 0.1) is 5.56 Å². The van der Waals surface area contributed by atoms with E-state index < -0.39 is 5.82 Å². The van der Waals surface area contributed by atoms with E-state index in [9.17, 15) is 9.18 Å². The summed E-state index contributed by atoms with van der Waals surface area (Å²) in [5.41, 5.74) is 1.16. The maximum atomic E-state index is 13.5. The number of halogens is 1. The lowest BCUT2D eigenvalue weighted by Gasteiger charge is -2.31. The van der Waals surface area contributed by atoms with E-state index in [1.54, 1.807) is 12.1 Å². The lowest BCUT2D eigenvalue weighted by atomic mass is 9.83. The molecule has 0 bridgehead atoms. The molecule has 1 aromatic carbocycles. The number of rotatable bonds is 3. The fourth-order valence-electron chi connectivity index (χ4n) is 1.95. The van der Waals surface area contributed by atoms with Crippen molar-refractivity contribution in [3.63, 3.8) is 0 Å². The average Bonchev–Trinajstić information content (AvgIpc) is 2.18. The Labute approximate surface area is 94.9 Å². The van der Waals surface area contributed by atoms with Crippen molar-refractivity contribution in [3.05, 3.63) is 35.1 Å². The SMILES string of the molecule is Cc1ccc(F)c(C(=O)C(C)C2CNC2)c1. The molecule has 0 amide bonds. The minimum atomic E-state index is -0.408. The molecule has 1 N–H and O–H groups in total. The van der Waals surface area contributed by atoms with Crippen LogP contribution in [0.25, 0.3) is 0 Å². The molecular formula is C13H16FNO. The van der Waals surface area contributed by atoms with Crippen molar-refractivity contribution >= 4 is 5.78 Å². The summed E-state index contributed by atoms with van der Waals surface area (Å²) in [7, 11) is 0. The molecule has 3 heteroatoms. The average molecular weight is 221 g/mol. The first-order chi connectivity index (χ1) is 7.59. The Morgan fingerprint density at radius 3 is 2.75 bits per heavy atom. The molecule has 1 aliphatic heterocycles. The van der Waals surface area contributed by atoms with Gasteiger partial charge in [-0.05, 0) is 38.1 Å². The van der Waals surface area contributed by atoms with Crippen LogP contribution in [0, 0.1) is 24.6 Å². The quantitative estimate of drug-likeness (QED) is 0.792. The first-order valence-electron chi connectivity index (χ1n) is 5.60. The number of carbonyl (C=O) groups excluding carboxylic acids is 1. The molecular weight excluding hydrogens is 205 g/mol. The van der Waals surface area contributed by atoms with Gasteiger partial charge >= 0.3 is 0 Å². The van der Waals surface area contributed by atoms with Crippen molar-refractivity contribution in [2.24, 2.45) is 11.8 Å². The smallest absolute Gasteiger partial charge is 0.168 e. The second kappa shape index (κ2) is 4.34. The van der Waals surface area contributed by atoms with E-state index in [0.717, 1.165) is 18.7 Å². The van der Waals surface area contributed by atoms with Gasteiger partial charge in [0, 0.05) is 5.92 Å². The summed E-state index contributed by atoms with van der Waals surface area (Å²) in [6, 6.07) is 4.69. The van der Waals surface area contributed by atoms with Crippen molar-refractivity contribution in [3.8, 4) is 0 Å². The van der Waals surface area contributed by atoms with E-state index in [4.69, 9.17) is 0 Å². The highest BCUT2D eigenvalue weighted by Crippen LogP contribution is 2.22. The Morgan fingerprint density at radius 1 is 1.50 bits per heavy atom. The van der Waals surface area contributed by atoms with Crippen LogP contribution in [-0.4, -0.2) is 18.9 Å². The summed E-state index contributed by atoms with van der Waals surface area (Å²) in [6.45, 7) is 5.47. The fraction of sp³-hybridized carbons (Fsp3) is 0.462. The maximum Gasteiger partial charge on any atom is 0.168 e. The molecule has 1 unspecified atom stereocenters. The summed E-state index contributed by atoms with van der Waals surface area (Å²) in [5, 5.41) is 3.13. The summed E-state index contributed by atoms with van der Waals surface area (Å²) in [6.07, 6.45) is 0. The highest BCUT2D eigenvalue weighted by Gasteiger charge is 2.30. The zero-order chi connectivity index (χ0) is 11.7. The van der Waals surface area contributed by atoms with Gasteiger partial charge in [-0.25, -0.2) is 4.39 Å². The molecule has 0 spiro atoms. The number of benzene rings is 1. The molecule has 1 aliphatic rings. The third kappa shape index (κ3) is 2.00. The molecule has 1 saturated heterocycles. The Bertz CT molecular complexity index is 412. The van der Waals surface area contributed by atoms with Crippen LogP contribution in [0.1, 0.15) is 22.8 Å². The Balaban J connectivity index is 2.22. The minimum absolute atomic E-state index is 0.0762. The second-order valence-corrected chi connectivity index (χ2v) is 4.55. The molecule has 0 aromatic heterocycles. The third-order valence-electron chi connectivity index (χ3n) is 3.32. The van der Waals surface area contributed by atoms with Crippen molar-refractivity contribution in [2.75, 3.05) is 13.1 Å². The zero-order valence-electron chi connectivity index (χ0n) is 9.59.